The van der Waals surface area contributed by atoms with Crippen LogP contribution < -0.4 is 0 Å². The van der Waals surface area contributed by atoms with Gasteiger partial charge in [0.25, 0.3) is 0 Å². The van der Waals surface area contributed by atoms with Crippen LogP contribution in [0.1, 0.15) is 396 Å². The maximum atomic E-state index is 13.1. The van der Waals surface area contributed by atoms with Crippen LogP contribution in [-0.4, -0.2) is 96.7 Å². The minimum atomic E-state index is -4.96. The minimum absolute atomic E-state index is 0.102. The number of carbonyl (C=O) groups excluding carboxylic acids is 4. The molecule has 0 heterocycles. The van der Waals surface area contributed by atoms with Gasteiger partial charge in [0.1, 0.15) is 19.3 Å². The van der Waals surface area contributed by atoms with Gasteiger partial charge >= 0.3 is 39.5 Å². The van der Waals surface area contributed by atoms with Gasteiger partial charge in [-0.3, -0.25) is 37.3 Å². The normalized spacial score (nSPS) is 14.4. The quantitative estimate of drug-likeness (QED) is 0.0222. The number of unbranched alkanes of at least 4 members (excludes halogenated alkanes) is 40. The average Bonchev–Trinajstić information content (AvgIpc) is 2.14. The van der Waals surface area contributed by atoms with E-state index in [2.05, 4.69) is 55.4 Å². The predicted molar refractivity (Wildman–Crippen MR) is 395 cm³/mol. The van der Waals surface area contributed by atoms with Gasteiger partial charge < -0.3 is 33.8 Å². The molecule has 576 valence electrons. The number of ether oxygens (including phenoxy) is 4. The summed E-state index contributed by atoms with van der Waals surface area (Å²) in [5.74, 6) is 0.918. The molecule has 0 rings (SSSR count). The van der Waals surface area contributed by atoms with Gasteiger partial charge in [-0.25, -0.2) is 9.13 Å². The maximum Gasteiger partial charge on any atom is 0.472 e. The zero-order valence-corrected chi connectivity index (χ0v) is 65.5. The third-order valence-electron chi connectivity index (χ3n) is 18.4. The number of carbonyl (C=O) groups is 4. The lowest BCUT2D eigenvalue weighted by atomic mass is 10.00. The Kier molecular flexibility index (Phi) is 65.9. The van der Waals surface area contributed by atoms with Gasteiger partial charge in [-0.2, -0.15) is 0 Å². The summed E-state index contributed by atoms with van der Waals surface area (Å²) in [6, 6.07) is 0. The molecule has 0 spiro atoms. The van der Waals surface area contributed by atoms with E-state index in [1.165, 1.54) is 193 Å². The van der Waals surface area contributed by atoms with Crippen molar-refractivity contribution in [2.24, 2.45) is 23.7 Å². The molecule has 0 aliphatic carbocycles. The van der Waals surface area contributed by atoms with Crippen LogP contribution in [0.5, 0.6) is 0 Å². The molecule has 17 nitrogen and oxygen atoms in total. The van der Waals surface area contributed by atoms with Crippen LogP contribution in [0.25, 0.3) is 0 Å². The van der Waals surface area contributed by atoms with Gasteiger partial charge in [0.15, 0.2) is 12.2 Å². The fraction of sp³-hybridized carbons (Fsp3) is 0.949. The highest BCUT2D eigenvalue weighted by atomic mass is 31.2. The Morgan fingerprint density at radius 3 is 0.732 bits per heavy atom. The van der Waals surface area contributed by atoms with E-state index in [9.17, 15) is 43.2 Å². The molecule has 0 amide bonds. The fourth-order valence-corrected chi connectivity index (χ4v) is 13.5. The summed E-state index contributed by atoms with van der Waals surface area (Å²) in [7, 11) is -9.91. The first-order chi connectivity index (χ1) is 46.6. The molecule has 0 fully saturated rings. The van der Waals surface area contributed by atoms with Crippen molar-refractivity contribution in [1.82, 2.24) is 0 Å². The summed E-state index contributed by atoms with van der Waals surface area (Å²) < 4.78 is 68.5. The molecule has 0 radical (unpaired) electrons. The molecule has 0 aromatic heterocycles. The first-order valence-corrected chi connectivity index (χ1v) is 43.2. The van der Waals surface area contributed by atoms with Gasteiger partial charge in [-0.15, -0.1) is 0 Å². The molecule has 0 saturated carbocycles. The number of aliphatic hydroxyl groups excluding tert-OH is 1. The van der Waals surface area contributed by atoms with Crippen molar-refractivity contribution >= 4 is 39.5 Å². The Morgan fingerprint density at radius 2 is 0.495 bits per heavy atom. The molecule has 6 atom stereocenters. The van der Waals surface area contributed by atoms with E-state index in [-0.39, 0.29) is 25.7 Å². The Labute approximate surface area is 594 Å². The zero-order valence-electron chi connectivity index (χ0n) is 63.7. The Bertz CT molecular complexity index is 1900. The average molecular weight is 1420 g/mol. The first kappa shape index (κ1) is 95.1. The van der Waals surface area contributed by atoms with Crippen molar-refractivity contribution in [3.05, 3.63) is 0 Å². The maximum absolute atomic E-state index is 13.1. The standard InChI is InChI=1S/C78H152O17P2/c1-9-71(8)57-49-41-36-37-45-53-61-78(83)95-74(65-89-76(81)59-51-43-35-29-32-40-48-56-70(6)7)67-93-97(86,87)91-63-72(79)62-90-96(84,85)92-66-73(94-77(82)60-52-44-34-28-24-20-16-12-14-18-22-26-31-39-47-55-69(4)5)64-88-75(80)58-50-42-33-27-23-19-15-11-10-13-17-21-25-30-38-46-54-68(2)3/h68-74,79H,9-67H2,1-8H3,(H,84,85)(H,86,87)/t71?,72?,73-,74-/m1/s1. The summed E-state index contributed by atoms with van der Waals surface area (Å²) in [5.41, 5.74) is 0. The highest BCUT2D eigenvalue weighted by Crippen LogP contribution is 2.45. The summed E-state index contributed by atoms with van der Waals surface area (Å²) >= 11 is 0. The molecular formula is C78H152O17P2. The molecule has 0 aromatic rings. The molecule has 0 aliphatic heterocycles. The lowest BCUT2D eigenvalue weighted by Crippen LogP contribution is -2.30. The molecule has 4 unspecified atom stereocenters. The third kappa shape index (κ3) is 70.9. The number of hydrogen-bond acceptors (Lipinski definition) is 15. The van der Waals surface area contributed by atoms with Crippen LogP contribution in [0.2, 0.25) is 0 Å². The summed E-state index contributed by atoms with van der Waals surface area (Å²) in [6.45, 7) is 14.2. The van der Waals surface area contributed by atoms with Crippen molar-refractivity contribution in [2.75, 3.05) is 39.6 Å². The number of esters is 4. The van der Waals surface area contributed by atoms with E-state index >= 15 is 0 Å². The lowest BCUT2D eigenvalue weighted by molar-refractivity contribution is -0.161. The predicted octanol–water partition coefficient (Wildman–Crippen LogP) is 22.8. The minimum Gasteiger partial charge on any atom is -0.462 e. The SMILES string of the molecule is CCC(C)CCCCCCCCC(=O)O[C@H](COC(=O)CCCCCCCCCC(C)C)COP(=O)(O)OCC(O)COP(=O)(O)OC[C@@H](COC(=O)CCCCCCCCCCCCCCCCCCC(C)C)OC(=O)CCCCCCCCCCCCCCCCCC(C)C. The van der Waals surface area contributed by atoms with E-state index in [1.54, 1.807) is 0 Å². The second kappa shape index (κ2) is 67.2. The van der Waals surface area contributed by atoms with Crippen molar-refractivity contribution in [3.8, 4) is 0 Å². The monoisotopic (exact) mass is 1420 g/mol. The number of hydrogen-bond donors (Lipinski definition) is 3. The van der Waals surface area contributed by atoms with Gasteiger partial charge in [0.05, 0.1) is 26.4 Å². The van der Waals surface area contributed by atoms with Crippen LogP contribution in [0, 0.1) is 23.7 Å². The number of phosphoric ester groups is 2. The molecule has 0 saturated heterocycles. The highest BCUT2D eigenvalue weighted by Gasteiger charge is 2.30. The first-order valence-electron chi connectivity index (χ1n) is 40.2. The van der Waals surface area contributed by atoms with Crippen molar-refractivity contribution in [3.63, 3.8) is 0 Å². The van der Waals surface area contributed by atoms with Crippen molar-refractivity contribution < 1.29 is 80.2 Å². The van der Waals surface area contributed by atoms with Gasteiger partial charge in [-0.05, 0) is 49.4 Å². The Balaban J connectivity index is 5.21. The summed E-state index contributed by atoms with van der Waals surface area (Å²) in [6.07, 6.45) is 53.0. The van der Waals surface area contributed by atoms with Gasteiger partial charge in [0, 0.05) is 25.7 Å². The molecular weight excluding hydrogens is 1270 g/mol. The van der Waals surface area contributed by atoms with Gasteiger partial charge in [-0.1, -0.05) is 344 Å². The second-order valence-corrected chi connectivity index (χ2v) is 32.7. The van der Waals surface area contributed by atoms with Crippen molar-refractivity contribution in [1.29, 1.82) is 0 Å². The van der Waals surface area contributed by atoms with E-state index in [1.807, 2.05) is 0 Å². The third-order valence-corrected chi connectivity index (χ3v) is 20.3. The smallest absolute Gasteiger partial charge is 0.462 e. The zero-order chi connectivity index (χ0) is 71.7. The topological polar surface area (TPSA) is 237 Å². The fourth-order valence-electron chi connectivity index (χ4n) is 11.9. The van der Waals surface area contributed by atoms with Crippen LogP contribution in [0.15, 0.2) is 0 Å². The summed E-state index contributed by atoms with van der Waals surface area (Å²) in [5, 5.41) is 10.6. The lowest BCUT2D eigenvalue weighted by Gasteiger charge is -2.21. The molecule has 97 heavy (non-hydrogen) atoms. The van der Waals surface area contributed by atoms with Crippen LogP contribution in [0.3, 0.4) is 0 Å². The largest absolute Gasteiger partial charge is 0.472 e. The van der Waals surface area contributed by atoms with Crippen LogP contribution in [0.4, 0.5) is 0 Å². The molecule has 0 aromatic carbocycles. The second-order valence-electron chi connectivity index (χ2n) is 29.8. The molecule has 0 bridgehead atoms. The van der Waals surface area contributed by atoms with E-state index in [4.69, 9.17) is 37.0 Å². The van der Waals surface area contributed by atoms with Crippen LogP contribution >= 0.6 is 15.6 Å². The molecule has 3 N–H and O–H groups in total. The van der Waals surface area contributed by atoms with Crippen molar-refractivity contribution in [2.45, 2.75) is 414 Å². The Morgan fingerprint density at radius 1 is 0.289 bits per heavy atom. The van der Waals surface area contributed by atoms with E-state index < -0.39 is 97.5 Å². The number of rotatable bonds is 75. The van der Waals surface area contributed by atoms with E-state index in [0.29, 0.717) is 31.6 Å². The number of phosphoric acid groups is 2. The molecule has 19 heteroatoms. The highest BCUT2D eigenvalue weighted by molar-refractivity contribution is 7.47. The van der Waals surface area contributed by atoms with E-state index in [0.717, 1.165) is 114 Å². The summed E-state index contributed by atoms with van der Waals surface area (Å²) in [4.78, 5) is 72.8. The molecule has 0 aliphatic rings. The number of aliphatic hydroxyl groups is 1. The van der Waals surface area contributed by atoms with Gasteiger partial charge in [0.2, 0.25) is 0 Å². The Hall–Kier alpha value is -1.94. The van der Waals surface area contributed by atoms with Crippen LogP contribution in [-0.2, 0) is 65.4 Å².